The van der Waals surface area contributed by atoms with E-state index >= 15 is 0 Å². The van der Waals surface area contributed by atoms with Crippen LogP contribution < -0.4 is 10.5 Å². The molecule has 0 amide bonds. The van der Waals surface area contributed by atoms with E-state index in [0.29, 0.717) is 41.9 Å². The molecule has 0 radical (unpaired) electrons. The van der Waals surface area contributed by atoms with Crippen molar-refractivity contribution >= 4 is 16.9 Å². The number of benzene rings is 1. The van der Waals surface area contributed by atoms with Crippen molar-refractivity contribution in [1.82, 2.24) is 19.9 Å². The van der Waals surface area contributed by atoms with Gasteiger partial charge in [-0.2, -0.15) is 9.97 Å². The smallest absolute Gasteiger partial charge is 0.319 e. The molecule has 0 aliphatic carbocycles. The topological polar surface area (TPSA) is 100 Å². The van der Waals surface area contributed by atoms with Gasteiger partial charge >= 0.3 is 6.01 Å². The maximum absolute atomic E-state index is 13.4. The number of fused-ring (bicyclic) bond motifs is 1. The van der Waals surface area contributed by atoms with Crippen LogP contribution in [0.15, 0.2) is 30.5 Å². The number of H-pyrrole nitrogens is 1. The molecule has 3 aromatic rings. The number of likely N-dealkylation sites (tertiary alicyclic amines) is 1. The lowest BCUT2D eigenvalue weighted by Gasteiger charge is -2.16. The summed E-state index contributed by atoms with van der Waals surface area (Å²) >= 11 is 0. The molecule has 0 bridgehead atoms. The highest BCUT2D eigenvalue weighted by molar-refractivity contribution is 5.88. The molecular formula is C22H27F2N5O2. The fourth-order valence-electron chi connectivity index (χ4n) is 3.79. The average Bonchev–Trinajstić information content (AvgIpc) is 3.31. The predicted octanol–water partition coefficient (Wildman–Crippen LogP) is 3.64. The van der Waals surface area contributed by atoms with Gasteiger partial charge in [-0.25, -0.2) is 8.78 Å². The van der Waals surface area contributed by atoms with E-state index in [1.807, 2.05) is 12.1 Å². The Balaban J connectivity index is 1.51. The zero-order chi connectivity index (χ0) is 22.0. The predicted molar refractivity (Wildman–Crippen MR) is 114 cm³/mol. The first-order valence-electron chi connectivity index (χ1n) is 10.5. The van der Waals surface area contributed by atoms with Crippen LogP contribution >= 0.6 is 0 Å². The van der Waals surface area contributed by atoms with E-state index in [0.717, 1.165) is 18.4 Å². The van der Waals surface area contributed by atoms with Gasteiger partial charge in [-0.1, -0.05) is 37.6 Å². The molecule has 1 saturated heterocycles. The standard InChI is InChI=1S/C22H27F2N5O2/c1-2-3-10-31-21-27-17-16(11-26-18(17)20(25)28-21)19(30)15-6-4-14(5-7-15)12-29-9-8-22(23,24)13-29/h4-7,11,19,26,30H,2-3,8-10,12-13H2,1H3,(H2,25,27,28). The highest BCUT2D eigenvalue weighted by atomic mass is 19.3. The Morgan fingerprint density at radius 1 is 1.29 bits per heavy atom. The number of nitrogen functional groups attached to an aromatic ring is 1. The Morgan fingerprint density at radius 3 is 2.74 bits per heavy atom. The fourth-order valence-corrected chi connectivity index (χ4v) is 3.79. The average molecular weight is 431 g/mol. The zero-order valence-corrected chi connectivity index (χ0v) is 17.4. The van der Waals surface area contributed by atoms with Gasteiger partial charge < -0.3 is 20.6 Å². The van der Waals surface area contributed by atoms with Crippen molar-refractivity contribution < 1.29 is 18.6 Å². The molecule has 9 heteroatoms. The Morgan fingerprint density at radius 2 is 2.06 bits per heavy atom. The second-order valence-electron chi connectivity index (χ2n) is 8.02. The summed E-state index contributed by atoms with van der Waals surface area (Å²) in [6.07, 6.45) is 2.50. The Kier molecular flexibility index (Phi) is 6.06. The normalized spacial score (nSPS) is 17.3. The SMILES string of the molecule is CCCCOc1nc(N)c2[nH]cc(C(O)c3ccc(CN4CCC(F)(F)C4)cc3)c2n1. The molecule has 2 aromatic heterocycles. The van der Waals surface area contributed by atoms with Crippen LogP contribution in [0.3, 0.4) is 0 Å². The summed E-state index contributed by atoms with van der Waals surface area (Å²) in [5.41, 5.74) is 9.24. The summed E-state index contributed by atoms with van der Waals surface area (Å²) in [4.78, 5) is 13.4. The molecule has 1 aromatic carbocycles. The number of hydrogen-bond acceptors (Lipinski definition) is 6. The number of ether oxygens (including phenoxy) is 1. The van der Waals surface area contributed by atoms with Gasteiger partial charge in [-0.15, -0.1) is 0 Å². The Labute approximate surface area is 179 Å². The van der Waals surface area contributed by atoms with Crippen LogP contribution in [-0.2, 0) is 6.54 Å². The molecule has 166 valence electrons. The molecule has 4 rings (SSSR count). The zero-order valence-electron chi connectivity index (χ0n) is 17.4. The minimum atomic E-state index is -2.60. The number of anilines is 1. The Bertz CT molecular complexity index is 1040. The van der Waals surface area contributed by atoms with Gasteiger partial charge in [0.1, 0.15) is 17.1 Å². The lowest BCUT2D eigenvalue weighted by molar-refractivity contribution is 0.0115. The molecule has 4 N–H and O–H groups in total. The highest BCUT2D eigenvalue weighted by Gasteiger charge is 2.37. The summed E-state index contributed by atoms with van der Waals surface area (Å²) in [7, 11) is 0. The van der Waals surface area contributed by atoms with Gasteiger partial charge in [-0.05, 0) is 17.5 Å². The van der Waals surface area contributed by atoms with Gasteiger partial charge in [0.2, 0.25) is 0 Å². The van der Waals surface area contributed by atoms with E-state index in [4.69, 9.17) is 10.5 Å². The summed E-state index contributed by atoms with van der Waals surface area (Å²) in [6.45, 7) is 3.19. The van der Waals surface area contributed by atoms with Crippen LogP contribution in [0.25, 0.3) is 11.0 Å². The quantitative estimate of drug-likeness (QED) is 0.471. The maximum atomic E-state index is 13.4. The molecule has 0 spiro atoms. The van der Waals surface area contributed by atoms with Crippen LogP contribution in [0, 0.1) is 0 Å². The van der Waals surface area contributed by atoms with Crippen molar-refractivity contribution in [3.63, 3.8) is 0 Å². The van der Waals surface area contributed by atoms with Crippen molar-refractivity contribution in [2.24, 2.45) is 0 Å². The van der Waals surface area contributed by atoms with Gasteiger partial charge in [0.05, 0.1) is 13.2 Å². The molecule has 1 atom stereocenters. The number of nitrogens with zero attached hydrogens (tertiary/aromatic N) is 3. The summed E-state index contributed by atoms with van der Waals surface area (Å²) in [6, 6.07) is 7.50. The van der Waals surface area contributed by atoms with Gasteiger partial charge in [0, 0.05) is 31.3 Å². The maximum Gasteiger partial charge on any atom is 0.319 e. The minimum absolute atomic E-state index is 0.0977. The van der Waals surface area contributed by atoms with Gasteiger partial charge in [0.25, 0.3) is 5.92 Å². The third-order valence-corrected chi connectivity index (χ3v) is 5.54. The number of nitrogens with one attached hydrogen (secondary N) is 1. The largest absolute Gasteiger partial charge is 0.463 e. The van der Waals surface area contributed by atoms with Crippen molar-refractivity contribution in [1.29, 1.82) is 0 Å². The summed E-state index contributed by atoms with van der Waals surface area (Å²) < 4.78 is 32.4. The number of alkyl halides is 2. The lowest BCUT2D eigenvalue weighted by Crippen LogP contribution is -2.24. The lowest BCUT2D eigenvalue weighted by atomic mass is 10.0. The first-order valence-corrected chi connectivity index (χ1v) is 10.5. The first-order chi connectivity index (χ1) is 14.9. The third kappa shape index (κ3) is 4.77. The van der Waals surface area contributed by atoms with Gasteiger partial charge in [-0.3, -0.25) is 4.90 Å². The number of aromatic amines is 1. The number of aliphatic hydroxyl groups excluding tert-OH is 1. The second kappa shape index (κ2) is 8.76. The minimum Gasteiger partial charge on any atom is -0.463 e. The van der Waals surface area contributed by atoms with Crippen LogP contribution in [0.4, 0.5) is 14.6 Å². The highest BCUT2D eigenvalue weighted by Crippen LogP contribution is 2.32. The van der Waals surface area contributed by atoms with Crippen LogP contribution in [0.5, 0.6) is 6.01 Å². The molecule has 1 aliphatic rings. The molecule has 31 heavy (non-hydrogen) atoms. The summed E-state index contributed by atoms with van der Waals surface area (Å²) in [5, 5.41) is 10.9. The molecule has 1 fully saturated rings. The fraction of sp³-hybridized carbons (Fsp3) is 0.455. The van der Waals surface area contributed by atoms with Crippen molar-refractivity contribution in [2.45, 2.75) is 44.8 Å². The Hall–Kier alpha value is -2.78. The van der Waals surface area contributed by atoms with E-state index in [1.54, 1.807) is 23.2 Å². The first kappa shape index (κ1) is 21.5. The third-order valence-electron chi connectivity index (χ3n) is 5.54. The summed E-state index contributed by atoms with van der Waals surface area (Å²) in [5.74, 6) is -2.35. The molecule has 0 saturated carbocycles. The number of nitrogens with two attached hydrogens (primary N) is 1. The van der Waals surface area contributed by atoms with Crippen LogP contribution in [0.2, 0.25) is 0 Å². The van der Waals surface area contributed by atoms with Crippen molar-refractivity contribution in [2.75, 3.05) is 25.4 Å². The van der Waals surface area contributed by atoms with E-state index < -0.39 is 12.0 Å². The van der Waals surface area contributed by atoms with Crippen LogP contribution in [0.1, 0.15) is 49.0 Å². The van der Waals surface area contributed by atoms with E-state index in [-0.39, 0.29) is 24.8 Å². The molecular weight excluding hydrogens is 404 g/mol. The number of aromatic nitrogens is 3. The second-order valence-corrected chi connectivity index (χ2v) is 8.02. The molecule has 1 unspecified atom stereocenters. The number of unbranched alkanes of at least 4 members (excludes halogenated alkanes) is 1. The van der Waals surface area contributed by atoms with Crippen molar-refractivity contribution in [3.8, 4) is 6.01 Å². The number of aliphatic hydroxyl groups is 1. The van der Waals surface area contributed by atoms with E-state index in [9.17, 15) is 13.9 Å². The number of halogens is 2. The van der Waals surface area contributed by atoms with E-state index in [1.165, 1.54) is 0 Å². The van der Waals surface area contributed by atoms with Crippen LogP contribution in [-0.4, -0.2) is 50.6 Å². The number of rotatable bonds is 8. The molecule has 3 heterocycles. The number of hydrogen-bond donors (Lipinski definition) is 3. The van der Waals surface area contributed by atoms with E-state index in [2.05, 4.69) is 21.9 Å². The molecule has 1 aliphatic heterocycles. The van der Waals surface area contributed by atoms with Gasteiger partial charge in [0.15, 0.2) is 5.82 Å². The molecule has 7 nitrogen and oxygen atoms in total. The monoisotopic (exact) mass is 431 g/mol. The van der Waals surface area contributed by atoms with Crippen molar-refractivity contribution in [3.05, 3.63) is 47.2 Å².